The second kappa shape index (κ2) is 6.81. The SMILES string of the molecule is CCS(=O)(=O)c1ccc(Cl)nc1-c1nc2cc(C(F)(F)F)n(C3CC3)c(=O)c2n1C. The lowest BCUT2D eigenvalue weighted by molar-refractivity contribution is -0.144. The first-order valence-corrected chi connectivity index (χ1v) is 11.1. The minimum absolute atomic E-state index is 0.0153. The Morgan fingerprint density at radius 3 is 2.47 bits per heavy atom. The molecule has 0 amide bonds. The molecule has 3 aromatic heterocycles. The molecule has 0 saturated heterocycles. The molecule has 7 nitrogen and oxygen atoms in total. The number of halogens is 4. The first-order valence-electron chi connectivity index (χ1n) is 9.04. The first kappa shape index (κ1) is 20.9. The summed E-state index contributed by atoms with van der Waals surface area (Å²) in [5, 5.41) is -0.0153. The van der Waals surface area contributed by atoms with E-state index in [-0.39, 0.29) is 38.4 Å². The van der Waals surface area contributed by atoms with Gasteiger partial charge < -0.3 is 4.57 Å². The number of hydrogen-bond donors (Lipinski definition) is 0. The van der Waals surface area contributed by atoms with Crippen LogP contribution in [0.1, 0.15) is 31.5 Å². The van der Waals surface area contributed by atoms with Crippen LogP contribution < -0.4 is 5.56 Å². The summed E-state index contributed by atoms with van der Waals surface area (Å²) in [4.78, 5) is 21.0. The van der Waals surface area contributed by atoms with E-state index in [2.05, 4.69) is 9.97 Å². The van der Waals surface area contributed by atoms with Crippen LogP contribution in [-0.2, 0) is 23.1 Å². The van der Waals surface area contributed by atoms with Crippen molar-refractivity contribution in [3.05, 3.63) is 39.4 Å². The number of pyridine rings is 2. The summed E-state index contributed by atoms with van der Waals surface area (Å²) >= 11 is 5.94. The summed E-state index contributed by atoms with van der Waals surface area (Å²) in [5.74, 6) is -0.279. The summed E-state index contributed by atoms with van der Waals surface area (Å²) in [7, 11) is -2.31. The van der Waals surface area contributed by atoms with Crippen molar-refractivity contribution in [2.45, 2.75) is 36.9 Å². The van der Waals surface area contributed by atoms with E-state index in [4.69, 9.17) is 11.6 Å². The quantitative estimate of drug-likeness (QED) is 0.555. The largest absolute Gasteiger partial charge is 0.431 e. The van der Waals surface area contributed by atoms with E-state index >= 15 is 0 Å². The average Bonchev–Trinajstić information content (AvgIpc) is 3.43. The molecule has 1 fully saturated rings. The number of rotatable bonds is 4. The Kier molecular flexibility index (Phi) is 4.73. The van der Waals surface area contributed by atoms with Crippen molar-refractivity contribution >= 4 is 32.5 Å². The standard InChI is InChI=1S/C18H16ClF3N4O3S/c1-3-30(28,29)11-6-7-13(19)24-14(11)16-23-10-8-12(18(20,21)22)26(9-4-5-9)17(27)15(10)25(16)2/h6-9H,3-5H2,1-2H3. The Labute approximate surface area is 174 Å². The van der Waals surface area contributed by atoms with Crippen LogP contribution in [0.15, 0.2) is 27.9 Å². The monoisotopic (exact) mass is 460 g/mol. The van der Waals surface area contributed by atoms with Gasteiger partial charge in [-0.1, -0.05) is 18.5 Å². The lowest BCUT2D eigenvalue weighted by atomic mass is 10.2. The molecule has 0 unspecified atom stereocenters. The number of imidazole rings is 1. The average molecular weight is 461 g/mol. The third-order valence-corrected chi connectivity index (χ3v) is 7.00. The lowest BCUT2D eigenvalue weighted by Crippen LogP contribution is -2.28. The van der Waals surface area contributed by atoms with Crippen LogP contribution >= 0.6 is 11.6 Å². The number of sulfone groups is 1. The Hall–Kier alpha value is -2.40. The normalized spacial score (nSPS) is 15.1. The lowest BCUT2D eigenvalue weighted by Gasteiger charge is -2.15. The summed E-state index contributed by atoms with van der Waals surface area (Å²) in [6, 6.07) is 2.87. The summed E-state index contributed by atoms with van der Waals surface area (Å²) < 4.78 is 67.8. The molecule has 4 rings (SSSR count). The van der Waals surface area contributed by atoms with Gasteiger partial charge in [-0.15, -0.1) is 0 Å². The van der Waals surface area contributed by atoms with E-state index in [0.29, 0.717) is 12.8 Å². The van der Waals surface area contributed by atoms with Gasteiger partial charge in [0.25, 0.3) is 5.56 Å². The zero-order valence-corrected chi connectivity index (χ0v) is 17.4. The zero-order chi connectivity index (χ0) is 22.0. The third-order valence-electron chi connectivity index (χ3n) is 5.03. The molecule has 0 bridgehead atoms. The van der Waals surface area contributed by atoms with Crippen LogP contribution in [-0.4, -0.2) is 33.3 Å². The van der Waals surface area contributed by atoms with Gasteiger partial charge in [-0.2, -0.15) is 13.2 Å². The molecule has 0 spiro atoms. The highest BCUT2D eigenvalue weighted by Crippen LogP contribution is 2.40. The molecular weight excluding hydrogens is 445 g/mol. The number of aromatic nitrogens is 4. The highest BCUT2D eigenvalue weighted by atomic mass is 35.5. The van der Waals surface area contributed by atoms with Gasteiger partial charge in [0.15, 0.2) is 15.7 Å². The first-order chi connectivity index (χ1) is 14.0. The van der Waals surface area contributed by atoms with E-state index in [1.165, 1.54) is 30.7 Å². The maximum absolute atomic E-state index is 13.6. The molecule has 0 aromatic carbocycles. The fourth-order valence-electron chi connectivity index (χ4n) is 3.41. The van der Waals surface area contributed by atoms with Gasteiger partial charge >= 0.3 is 6.18 Å². The Balaban J connectivity index is 2.07. The van der Waals surface area contributed by atoms with Crippen molar-refractivity contribution in [1.29, 1.82) is 0 Å². The second-order valence-electron chi connectivity index (χ2n) is 7.05. The Morgan fingerprint density at radius 1 is 1.23 bits per heavy atom. The van der Waals surface area contributed by atoms with Gasteiger partial charge in [-0.3, -0.25) is 9.36 Å². The third kappa shape index (κ3) is 3.29. The van der Waals surface area contributed by atoms with Gasteiger partial charge in [-0.25, -0.2) is 18.4 Å². The van der Waals surface area contributed by atoms with Crippen LogP contribution in [0.25, 0.3) is 22.6 Å². The molecular formula is C18H16ClF3N4O3S. The maximum atomic E-state index is 13.6. The van der Waals surface area contributed by atoms with Crippen molar-refractivity contribution < 1.29 is 21.6 Å². The molecule has 0 aliphatic heterocycles. The van der Waals surface area contributed by atoms with Crippen molar-refractivity contribution in [3.63, 3.8) is 0 Å². The van der Waals surface area contributed by atoms with Gasteiger partial charge in [0.05, 0.1) is 16.2 Å². The van der Waals surface area contributed by atoms with Crippen LogP contribution in [0.3, 0.4) is 0 Å². The van der Waals surface area contributed by atoms with E-state index in [1.54, 1.807) is 0 Å². The topological polar surface area (TPSA) is 86.8 Å². The zero-order valence-electron chi connectivity index (χ0n) is 15.9. The number of fused-ring (bicyclic) bond motifs is 1. The molecule has 3 aromatic rings. The van der Waals surface area contributed by atoms with Gasteiger partial charge in [0.2, 0.25) is 0 Å². The van der Waals surface area contributed by atoms with Gasteiger partial charge in [0.1, 0.15) is 22.1 Å². The summed E-state index contributed by atoms with van der Waals surface area (Å²) in [6.45, 7) is 1.45. The van der Waals surface area contributed by atoms with Crippen molar-refractivity contribution in [1.82, 2.24) is 19.1 Å². The maximum Gasteiger partial charge on any atom is 0.431 e. The highest BCUT2D eigenvalue weighted by molar-refractivity contribution is 7.91. The highest BCUT2D eigenvalue weighted by Gasteiger charge is 2.40. The molecule has 3 heterocycles. The fourth-order valence-corrected chi connectivity index (χ4v) is 4.58. The molecule has 1 saturated carbocycles. The van der Waals surface area contributed by atoms with E-state index in [1.807, 2.05) is 0 Å². The van der Waals surface area contributed by atoms with Crippen LogP contribution in [0, 0.1) is 0 Å². The summed E-state index contributed by atoms with van der Waals surface area (Å²) in [5.41, 5.74) is -2.28. The van der Waals surface area contributed by atoms with Crippen molar-refractivity contribution in [2.24, 2.45) is 7.05 Å². The molecule has 160 valence electrons. The van der Waals surface area contributed by atoms with Gasteiger partial charge in [-0.05, 0) is 31.0 Å². The number of alkyl halides is 3. The molecule has 1 aliphatic rings. The van der Waals surface area contributed by atoms with E-state index in [0.717, 1.165) is 10.6 Å². The van der Waals surface area contributed by atoms with Crippen molar-refractivity contribution in [2.75, 3.05) is 5.75 Å². The molecule has 12 heteroatoms. The molecule has 30 heavy (non-hydrogen) atoms. The number of hydrogen-bond acceptors (Lipinski definition) is 5. The predicted octanol–water partition coefficient (Wildman–Crippen LogP) is 3.60. The molecule has 0 N–H and O–H groups in total. The molecule has 0 radical (unpaired) electrons. The smallest absolute Gasteiger partial charge is 0.321 e. The van der Waals surface area contributed by atoms with Crippen molar-refractivity contribution in [3.8, 4) is 11.5 Å². The Bertz CT molecular complexity index is 1340. The minimum atomic E-state index is -4.74. The van der Waals surface area contributed by atoms with Crippen LogP contribution in [0.2, 0.25) is 5.15 Å². The number of aryl methyl sites for hydroxylation is 1. The number of nitrogens with zero attached hydrogens (tertiary/aromatic N) is 4. The van der Waals surface area contributed by atoms with Gasteiger partial charge in [0, 0.05) is 13.1 Å². The molecule has 1 aliphatic carbocycles. The Morgan fingerprint density at radius 2 is 1.90 bits per heavy atom. The fraction of sp³-hybridized carbons (Fsp3) is 0.389. The van der Waals surface area contributed by atoms with Crippen LogP contribution in [0.4, 0.5) is 13.2 Å². The predicted molar refractivity (Wildman–Crippen MR) is 104 cm³/mol. The molecule has 0 atom stereocenters. The van der Waals surface area contributed by atoms with E-state index < -0.39 is 33.3 Å². The summed E-state index contributed by atoms with van der Waals surface area (Å²) in [6.07, 6.45) is -3.78. The van der Waals surface area contributed by atoms with E-state index in [9.17, 15) is 26.4 Å². The van der Waals surface area contributed by atoms with Crippen LogP contribution in [0.5, 0.6) is 0 Å². The second-order valence-corrected chi connectivity index (χ2v) is 9.68. The minimum Gasteiger partial charge on any atom is -0.321 e.